The number of rotatable bonds is 7. The molecule has 0 spiro atoms. The van der Waals surface area contributed by atoms with Gasteiger partial charge in [0.2, 0.25) is 5.91 Å². The molecule has 1 aliphatic heterocycles. The average molecular weight is 543 g/mol. The molecule has 3 aromatic carbocycles. The van der Waals surface area contributed by atoms with E-state index in [9.17, 15) is 9.59 Å². The second kappa shape index (κ2) is 10.5. The normalized spacial score (nSPS) is 15.8. The number of hydrogen-bond acceptors (Lipinski definition) is 3. The van der Waals surface area contributed by atoms with E-state index in [1.54, 1.807) is 36.4 Å². The first-order valence-corrected chi connectivity index (χ1v) is 12.0. The molecule has 33 heavy (non-hydrogen) atoms. The maximum Gasteiger partial charge on any atom is 0.256 e. The molecule has 1 heterocycles. The zero-order chi connectivity index (χ0) is 23.4. The minimum Gasteiger partial charge on any atom is -0.336 e. The Hall–Kier alpha value is -2.74. The highest BCUT2D eigenvalue weighted by Gasteiger charge is 2.43. The number of carbonyl (C=O) groups is 2. The van der Waals surface area contributed by atoms with E-state index in [4.69, 9.17) is 23.8 Å². The van der Waals surface area contributed by atoms with Crippen molar-refractivity contribution in [1.29, 1.82) is 0 Å². The molecule has 0 aliphatic carbocycles. The third kappa shape index (κ3) is 5.61. The first-order chi connectivity index (χ1) is 15.9. The van der Waals surface area contributed by atoms with Gasteiger partial charge in [-0.05, 0) is 72.7 Å². The average Bonchev–Trinajstić information content (AvgIpc) is 3.04. The van der Waals surface area contributed by atoms with Gasteiger partial charge in [-0.25, -0.2) is 0 Å². The highest BCUT2D eigenvalue weighted by atomic mass is 79.9. The van der Waals surface area contributed by atoms with Crippen LogP contribution < -0.4 is 10.2 Å². The highest BCUT2D eigenvalue weighted by Crippen LogP contribution is 2.29. The molecule has 1 N–H and O–H groups in total. The first kappa shape index (κ1) is 23.4. The zero-order valence-corrected chi connectivity index (χ0v) is 20.7. The van der Waals surface area contributed by atoms with Gasteiger partial charge in [0, 0.05) is 21.7 Å². The van der Waals surface area contributed by atoms with Gasteiger partial charge in [-0.1, -0.05) is 57.9 Å². The van der Waals surface area contributed by atoms with Crippen LogP contribution in [0.15, 0.2) is 83.3 Å². The number of carbonyl (C=O) groups excluding carboxylic acids is 2. The van der Waals surface area contributed by atoms with Crippen molar-refractivity contribution in [3.05, 3.63) is 93.9 Å². The number of anilines is 2. The minimum absolute atomic E-state index is 0.00604. The van der Waals surface area contributed by atoms with Gasteiger partial charge in [-0.15, -0.1) is 0 Å². The van der Waals surface area contributed by atoms with E-state index >= 15 is 0 Å². The lowest BCUT2D eigenvalue weighted by Gasteiger charge is -2.24. The summed E-state index contributed by atoms with van der Waals surface area (Å²) >= 11 is 15.1. The van der Waals surface area contributed by atoms with Crippen molar-refractivity contribution in [2.24, 2.45) is 0 Å². The van der Waals surface area contributed by atoms with Crippen LogP contribution in [0.25, 0.3) is 0 Å². The van der Waals surface area contributed by atoms with Crippen molar-refractivity contribution in [3.8, 4) is 0 Å². The van der Waals surface area contributed by atoms with E-state index in [0.717, 1.165) is 10.0 Å². The summed E-state index contributed by atoms with van der Waals surface area (Å²) in [4.78, 5) is 29.6. The number of amides is 2. The molecule has 1 atom stereocenters. The van der Waals surface area contributed by atoms with Gasteiger partial charge in [-0.3, -0.25) is 14.5 Å². The van der Waals surface area contributed by atoms with Gasteiger partial charge in [0.25, 0.3) is 5.91 Å². The monoisotopic (exact) mass is 541 g/mol. The molecule has 0 bridgehead atoms. The van der Waals surface area contributed by atoms with Crippen molar-refractivity contribution in [3.63, 3.8) is 0 Å². The molecule has 8 heteroatoms. The Morgan fingerprint density at radius 3 is 2.33 bits per heavy atom. The van der Waals surface area contributed by atoms with Crippen LogP contribution in [0.4, 0.5) is 11.4 Å². The molecular formula is C25H21BrClN3O2S. The van der Waals surface area contributed by atoms with Crippen LogP contribution in [-0.4, -0.2) is 34.4 Å². The lowest BCUT2D eigenvalue weighted by atomic mass is 10.1. The zero-order valence-electron chi connectivity index (χ0n) is 17.6. The Labute approximate surface area is 211 Å². The van der Waals surface area contributed by atoms with E-state index in [2.05, 4.69) is 21.2 Å². The van der Waals surface area contributed by atoms with Crippen molar-refractivity contribution in [2.45, 2.75) is 18.9 Å². The molecule has 2 amide bonds. The van der Waals surface area contributed by atoms with Crippen LogP contribution in [-0.2, 0) is 16.0 Å². The molecule has 5 nitrogen and oxygen atoms in total. The summed E-state index contributed by atoms with van der Waals surface area (Å²) < 4.78 is 0.919. The summed E-state index contributed by atoms with van der Waals surface area (Å²) in [5.41, 5.74) is 2.44. The lowest BCUT2D eigenvalue weighted by molar-refractivity contribution is -0.124. The summed E-state index contributed by atoms with van der Waals surface area (Å²) in [7, 11) is 0. The van der Waals surface area contributed by atoms with Crippen LogP contribution in [0, 0.1) is 0 Å². The Morgan fingerprint density at radius 1 is 1.00 bits per heavy atom. The Bertz CT molecular complexity index is 1160. The quantitative estimate of drug-likeness (QED) is 0.391. The maximum absolute atomic E-state index is 13.4. The summed E-state index contributed by atoms with van der Waals surface area (Å²) in [5.74, 6) is -0.470. The fraction of sp³-hybridized carbons (Fsp3) is 0.160. The summed E-state index contributed by atoms with van der Waals surface area (Å²) in [5, 5.41) is 3.83. The number of benzene rings is 3. The number of nitrogens with zero attached hydrogens (tertiary/aromatic N) is 2. The van der Waals surface area contributed by atoms with Crippen LogP contribution >= 0.6 is 39.7 Å². The van der Waals surface area contributed by atoms with Crippen molar-refractivity contribution in [1.82, 2.24) is 4.90 Å². The van der Waals surface area contributed by atoms with Crippen LogP contribution in [0.5, 0.6) is 0 Å². The van der Waals surface area contributed by atoms with Crippen LogP contribution in [0.3, 0.4) is 0 Å². The van der Waals surface area contributed by atoms with Gasteiger partial charge in [0.15, 0.2) is 5.11 Å². The van der Waals surface area contributed by atoms with Gasteiger partial charge >= 0.3 is 0 Å². The summed E-state index contributed by atoms with van der Waals surface area (Å²) in [6.07, 6.45) is 0.696. The molecule has 1 saturated heterocycles. The fourth-order valence-electron chi connectivity index (χ4n) is 3.73. The van der Waals surface area contributed by atoms with Gasteiger partial charge in [-0.2, -0.15) is 0 Å². The number of nitrogens with one attached hydrogen (secondary N) is 1. The Kier molecular flexibility index (Phi) is 7.42. The van der Waals surface area contributed by atoms with Crippen molar-refractivity contribution >= 4 is 68.1 Å². The SMILES string of the molecule is O=C(CC1C(=O)N(c2ccc(Cl)cc2)C(=S)N1CCc1ccccc1)Nc1ccc(Br)cc1. The van der Waals surface area contributed by atoms with E-state index in [0.29, 0.717) is 34.5 Å². The van der Waals surface area contributed by atoms with Gasteiger partial charge in [0.1, 0.15) is 6.04 Å². The van der Waals surface area contributed by atoms with Crippen LogP contribution in [0.2, 0.25) is 5.02 Å². The van der Waals surface area contributed by atoms with E-state index in [1.165, 1.54) is 4.90 Å². The standard InChI is InChI=1S/C25H21BrClN3O2S/c26-18-6-10-20(11-7-18)28-23(31)16-22-24(32)30(21-12-8-19(27)9-13-21)25(33)29(22)15-14-17-4-2-1-3-5-17/h1-13,22H,14-16H2,(H,28,31). The lowest BCUT2D eigenvalue weighted by Crippen LogP contribution is -2.39. The van der Waals surface area contributed by atoms with E-state index in [-0.39, 0.29) is 18.2 Å². The fourth-order valence-corrected chi connectivity index (χ4v) is 4.53. The minimum atomic E-state index is -0.688. The molecule has 1 fully saturated rings. The van der Waals surface area contributed by atoms with E-state index in [1.807, 2.05) is 47.4 Å². The predicted octanol–water partition coefficient (Wildman–Crippen LogP) is 5.68. The molecule has 0 radical (unpaired) electrons. The maximum atomic E-state index is 13.4. The van der Waals surface area contributed by atoms with Gasteiger partial charge in [0.05, 0.1) is 12.1 Å². The number of halogens is 2. The molecule has 3 aromatic rings. The van der Waals surface area contributed by atoms with Crippen molar-refractivity contribution < 1.29 is 9.59 Å². The highest BCUT2D eigenvalue weighted by molar-refractivity contribution is 9.10. The molecule has 4 rings (SSSR count). The van der Waals surface area contributed by atoms with E-state index < -0.39 is 6.04 Å². The predicted molar refractivity (Wildman–Crippen MR) is 140 cm³/mol. The molecule has 1 unspecified atom stereocenters. The van der Waals surface area contributed by atoms with Gasteiger partial charge < -0.3 is 10.2 Å². The summed E-state index contributed by atoms with van der Waals surface area (Å²) in [6.45, 7) is 0.523. The molecule has 0 aromatic heterocycles. The first-order valence-electron chi connectivity index (χ1n) is 10.4. The summed E-state index contributed by atoms with van der Waals surface area (Å²) in [6, 6.07) is 23.5. The topological polar surface area (TPSA) is 52.7 Å². The molecule has 0 saturated carbocycles. The number of thiocarbonyl (C=S) groups is 1. The van der Waals surface area contributed by atoms with Crippen molar-refractivity contribution in [2.75, 3.05) is 16.8 Å². The third-order valence-electron chi connectivity index (χ3n) is 5.39. The smallest absolute Gasteiger partial charge is 0.256 e. The second-order valence-corrected chi connectivity index (χ2v) is 9.35. The molecular weight excluding hydrogens is 522 g/mol. The molecule has 168 valence electrons. The number of hydrogen-bond donors (Lipinski definition) is 1. The largest absolute Gasteiger partial charge is 0.336 e. The second-order valence-electron chi connectivity index (χ2n) is 7.64. The third-order valence-corrected chi connectivity index (χ3v) is 6.59. The Morgan fingerprint density at radius 2 is 1.67 bits per heavy atom. The van der Waals surface area contributed by atoms with Crippen LogP contribution in [0.1, 0.15) is 12.0 Å². The Balaban J connectivity index is 1.55. The molecule has 1 aliphatic rings.